The van der Waals surface area contributed by atoms with E-state index in [2.05, 4.69) is 0 Å². The van der Waals surface area contributed by atoms with Crippen LogP contribution in [0, 0.1) is 20.2 Å². The van der Waals surface area contributed by atoms with Gasteiger partial charge in [0.2, 0.25) is 0 Å². The van der Waals surface area contributed by atoms with Gasteiger partial charge < -0.3 is 4.74 Å². The largest absolute Gasteiger partial charge is 0.447 e. The molecular weight excluding hydrogens is 318 g/mol. The van der Waals surface area contributed by atoms with Gasteiger partial charge >= 0.3 is 6.09 Å². The highest BCUT2D eigenvalue weighted by atomic mass is 16.6. The third kappa shape index (κ3) is 4.03. The van der Waals surface area contributed by atoms with Crippen LogP contribution in [0.15, 0.2) is 48.5 Å². The lowest BCUT2D eigenvalue weighted by Gasteiger charge is -2.17. The molecule has 0 spiro atoms. The zero-order valence-electron chi connectivity index (χ0n) is 12.2. The van der Waals surface area contributed by atoms with Gasteiger partial charge in [0.05, 0.1) is 9.85 Å². The third-order valence-electron chi connectivity index (χ3n) is 3.39. The summed E-state index contributed by atoms with van der Waals surface area (Å²) in [7, 11) is 0. The van der Waals surface area contributed by atoms with Crippen LogP contribution in [0.3, 0.4) is 0 Å². The van der Waals surface area contributed by atoms with Crippen molar-refractivity contribution >= 4 is 17.5 Å². The van der Waals surface area contributed by atoms with Crippen LogP contribution >= 0.6 is 0 Å². The normalized spacial score (nSPS) is 10.4. The molecular formula is C15H12N3O6. The predicted molar refractivity (Wildman–Crippen MR) is 82.5 cm³/mol. The van der Waals surface area contributed by atoms with Crippen molar-refractivity contribution < 1.29 is 19.4 Å². The van der Waals surface area contributed by atoms with Gasteiger partial charge in [-0.05, 0) is 11.1 Å². The molecule has 2 aromatic rings. The van der Waals surface area contributed by atoms with Gasteiger partial charge in [-0.25, -0.2) is 10.5 Å². The number of amides is 1. The summed E-state index contributed by atoms with van der Waals surface area (Å²) in [6.07, 6.45) is -1.20. The molecule has 123 valence electrons. The van der Waals surface area contributed by atoms with Gasteiger partial charge in [0.1, 0.15) is 6.61 Å². The first-order valence-corrected chi connectivity index (χ1v) is 6.75. The highest BCUT2D eigenvalue weighted by Crippen LogP contribution is 2.28. The topological polar surface area (TPSA) is 136 Å². The second-order valence-corrected chi connectivity index (χ2v) is 4.85. The van der Waals surface area contributed by atoms with Crippen molar-refractivity contribution in [3.05, 3.63) is 79.9 Å². The maximum Gasteiger partial charge on any atom is 0.426 e. The Kier molecular flexibility index (Phi) is 5.05. The van der Waals surface area contributed by atoms with E-state index in [1.807, 2.05) is 0 Å². The maximum atomic E-state index is 10.8. The molecule has 0 atom stereocenters. The average molecular weight is 330 g/mol. The number of nitro benzene ring substituents is 2. The molecule has 0 fully saturated rings. The molecule has 0 saturated carbocycles. The van der Waals surface area contributed by atoms with Crippen LogP contribution in [0.2, 0.25) is 0 Å². The Bertz CT molecular complexity index is 700. The van der Waals surface area contributed by atoms with E-state index in [0.29, 0.717) is 11.1 Å². The van der Waals surface area contributed by atoms with Gasteiger partial charge in [0.25, 0.3) is 11.4 Å². The number of benzene rings is 2. The Balaban J connectivity index is 2.34. The van der Waals surface area contributed by atoms with Crippen LogP contribution < -0.4 is 5.73 Å². The summed E-state index contributed by atoms with van der Waals surface area (Å²) in [5.74, 6) is -0.499. The van der Waals surface area contributed by atoms with E-state index >= 15 is 0 Å². The Morgan fingerprint density at radius 1 is 0.917 bits per heavy atom. The standard InChI is InChI=1S/C15H12N3O6/c16-15(19)24-9-14(10-1-5-12(6-2-10)17(20)21)11-3-7-13(8-4-11)18(22)23/h1-8,14,16H,9H2. The first-order chi connectivity index (χ1) is 11.4. The Hall–Kier alpha value is -3.49. The van der Waals surface area contributed by atoms with Crippen molar-refractivity contribution in [2.45, 2.75) is 5.92 Å². The van der Waals surface area contributed by atoms with Gasteiger partial charge in [-0.3, -0.25) is 20.2 Å². The van der Waals surface area contributed by atoms with E-state index in [1.165, 1.54) is 48.5 Å². The molecule has 0 unspecified atom stereocenters. The van der Waals surface area contributed by atoms with Crippen LogP contribution in [0.5, 0.6) is 0 Å². The number of hydrogen-bond acceptors (Lipinski definition) is 6. The molecule has 2 aromatic carbocycles. The molecule has 1 radical (unpaired) electrons. The number of carbonyl (C=O) groups excluding carboxylic acids is 1. The number of hydrogen-bond donors (Lipinski definition) is 0. The van der Waals surface area contributed by atoms with Gasteiger partial charge in [-0.2, -0.15) is 0 Å². The van der Waals surface area contributed by atoms with Crippen LogP contribution in [-0.2, 0) is 4.74 Å². The summed E-state index contributed by atoms with van der Waals surface area (Å²) in [6, 6.07) is 11.3. The van der Waals surface area contributed by atoms with Crippen LogP contribution in [0.4, 0.5) is 16.2 Å². The Labute approximate surface area is 136 Å². The zero-order chi connectivity index (χ0) is 17.7. The smallest absolute Gasteiger partial charge is 0.426 e. The van der Waals surface area contributed by atoms with Crippen LogP contribution in [0.25, 0.3) is 0 Å². The van der Waals surface area contributed by atoms with Gasteiger partial charge in [0, 0.05) is 30.2 Å². The third-order valence-corrected chi connectivity index (χ3v) is 3.39. The lowest BCUT2D eigenvalue weighted by molar-refractivity contribution is -0.385. The lowest BCUT2D eigenvalue weighted by Crippen LogP contribution is -2.13. The van der Waals surface area contributed by atoms with Crippen molar-refractivity contribution in [1.29, 1.82) is 0 Å². The quantitative estimate of drug-likeness (QED) is 0.589. The maximum absolute atomic E-state index is 10.8. The molecule has 0 heterocycles. The first-order valence-electron chi connectivity index (χ1n) is 6.75. The number of rotatable bonds is 6. The van der Waals surface area contributed by atoms with E-state index in [4.69, 9.17) is 10.5 Å². The summed E-state index contributed by atoms with van der Waals surface area (Å²) < 4.78 is 4.73. The number of nitro groups is 2. The molecule has 1 N–H and O–H groups in total. The fraction of sp³-hybridized carbons (Fsp3) is 0.133. The molecule has 2 rings (SSSR count). The predicted octanol–water partition coefficient (Wildman–Crippen LogP) is 3.05. The SMILES string of the molecule is [NH]C(=O)OCC(c1ccc([N+](=O)[O-])cc1)c1ccc([N+](=O)[O-])cc1. The molecule has 0 aliphatic carbocycles. The minimum atomic E-state index is -1.20. The highest BCUT2D eigenvalue weighted by molar-refractivity contribution is 5.63. The summed E-state index contributed by atoms with van der Waals surface area (Å²) in [5, 5.41) is 21.4. The Morgan fingerprint density at radius 3 is 1.58 bits per heavy atom. The molecule has 9 nitrogen and oxygen atoms in total. The fourth-order valence-corrected chi connectivity index (χ4v) is 2.20. The van der Waals surface area contributed by atoms with E-state index < -0.39 is 21.9 Å². The number of nitrogens with one attached hydrogen (secondary N) is 1. The minimum absolute atomic E-state index is 0.0846. The van der Waals surface area contributed by atoms with E-state index in [0.717, 1.165) is 0 Å². The first kappa shape index (κ1) is 16.9. The van der Waals surface area contributed by atoms with Crippen molar-refractivity contribution in [1.82, 2.24) is 5.73 Å². The summed E-state index contributed by atoms with van der Waals surface area (Å²) in [4.78, 5) is 31.1. The number of carbonyl (C=O) groups is 1. The molecule has 0 aliphatic rings. The molecule has 9 heteroatoms. The minimum Gasteiger partial charge on any atom is -0.447 e. The van der Waals surface area contributed by atoms with Crippen LogP contribution in [-0.4, -0.2) is 22.5 Å². The fourth-order valence-electron chi connectivity index (χ4n) is 2.20. The van der Waals surface area contributed by atoms with Crippen LogP contribution in [0.1, 0.15) is 17.0 Å². The number of non-ortho nitro benzene ring substituents is 2. The van der Waals surface area contributed by atoms with Gasteiger partial charge in [0.15, 0.2) is 0 Å². The molecule has 0 bridgehead atoms. The molecule has 0 aliphatic heterocycles. The second-order valence-electron chi connectivity index (χ2n) is 4.85. The molecule has 0 aromatic heterocycles. The van der Waals surface area contributed by atoms with E-state index in [-0.39, 0.29) is 18.0 Å². The van der Waals surface area contributed by atoms with Crippen molar-refractivity contribution in [2.75, 3.05) is 6.61 Å². The zero-order valence-corrected chi connectivity index (χ0v) is 12.2. The summed E-state index contributed by atoms with van der Waals surface area (Å²) in [6.45, 7) is -0.155. The van der Waals surface area contributed by atoms with Gasteiger partial charge in [-0.15, -0.1) is 0 Å². The second kappa shape index (κ2) is 7.18. The molecule has 0 saturated heterocycles. The van der Waals surface area contributed by atoms with Crippen molar-refractivity contribution in [3.63, 3.8) is 0 Å². The lowest BCUT2D eigenvalue weighted by atomic mass is 9.92. The summed E-state index contributed by atoms with van der Waals surface area (Å²) in [5.41, 5.74) is 7.91. The molecule has 1 amide bonds. The Morgan fingerprint density at radius 2 is 1.29 bits per heavy atom. The number of nitrogens with zero attached hydrogens (tertiary/aromatic N) is 2. The van der Waals surface area contributed by atoms with E-state index in [9.17, 15) is 25.0 Å². The van der Waals surface area contributed by atoms with Crippen molar-refractivity contribution in [2.24, 2.45) is 0 Å². The van der Waals surface area contributed by atoms with Crippen molar-refractivity contribution in [3.8, 4) is 0 Å². The highest BCUT2D eigenvalue weighted by Gasteiger charge is 2.18. The monoisotopic (exact) mass is 330 g/mol. The average Bonchev–Trinajstić information content (AvgIpc) is 2.55. The van der Waals surface area contributed by atoms with E-state index in [1.54, 1.807) is 0 Å². The molecule has 24 heavy (non-hydrogen) atoms. The number of ether oxygens (including phenoxy) is 1. The summed E-state index contributed by atoms with van der Waals surface area (Å²) >= 11 is 0. The van der Waals surface area contributed by atoms with Gasteiger partial charge in [-0.1, -0.05) is 24.3 Å².